The first kappa shape index (κ1) is 13.3. The summed E-state index contributed by atoms with van der Waals surface area (Å²) < 4.78 is 10.7. The van der Waals surface area contributed by atoms with Crippen molar-refractivity contribution in [3.63, 3.8) is 0 Å². The fourth-order valence-corrected chi connectivity index (χ4v) is 2.51. The molecule has 0 saturated carbocycles. The summed E-state index contributed by atoms with van der Waals surface area (Å²) in [6.07, 6.45) is 1.01. The zero-order valence-corrected chi connectivity index (χ0v) is 11.9. The molecule has 0 aliphatic carbocycles. The van der Waals surface area contributed by atoms with Crippen molar-refractivity contribution in [1.82, 2.24) is 0 Å². The lowest BCUT2D eigenvalue weighted by Crippen LogP contribution is -2.83. The molecule has 2 aromatic carbocycles. The van der Waals surface area contributed by atoms with Gasteiger partial charge in [-0.2, -0.15) is 0 Å². The van der Waals surface area contributed by atoms with Crippen LogP contribution in [0.5, 0.6) is 11.5 Å². The maximum absolute atomic E-state index is 5.97. The monoisotopic (exact) mass is 290 g/mol. The minimum Gasteiger partial charge on any atom is -0.454 e. The lowest BCUT2D eigenvalue weighted by molar-refractivity contribution is -0.670. The standard InChI is InChI=1S/C16H16ClNO2/c17-14-3-1-2-13(8-14)10-18-7-6-12-4-5-15-16(9-12)20-11-19-15/h1-5,8-9,18H,6-7,10-11H2/p+1. The molecule has 0 fully saturated rings. The predicted octanol–water partition coefficient (Wildman–Crippen LogP) is 2.37. The van der Waals surface area contributed by atoms with E-state index in [2.05, 4.69) is 23.5 Å². The second kappa shape index (κ2) is 6.16. The van der Waals surface area contributed by atoms with Gasteiger partial charge < -0.3 is 14.8 Å². The van der Waals surface area contributed by atoms with Gasteiger partial charge in [0.2, 0.25) is 6.79 Å². The number of hydrogen-bond acceptors (Lipinski definition) is 2. The quantitative estimate of drug-likeness (QED) is 0.858. The summed E-state index contributed by atoms with van der Waals surface area (Å²) in [5.74, 6) is 1.70. The summed E-state index contributed by atoms with van der Waals surface area (Å²) in [5.41, 5.74) is 2.53. The van der Waals surface area contributed by atoms with E-state index in [1.165, 1.54) is 11.1 Å². The first-order valence-electron chi connectivity index (χ1n) is 6.76. The van der Waals surface area contributed by atoms with Gasteiger partial charge in [0.25, 0.3) is 0 Å². The molecule has 0 saturated heterocycles. The maximum atomic E-state index is 5.97. The Morgan fingerprint density at radius 3 is 2.80 bits per heavy atom. The third-order valence-corrected chi connectivity index (χ3v) is 3.58. The van der Waals surface area contributed by atoms with E-state index in [9.17, 15) is 0 Å². The van der Waals surface area contributed by atoms with E-state index < -0.39 is 0 Å². The van der Waals surface area contributed by atoms with E-state index in [4.69, 9.17) is 21.1 Å². The third kappa shape index (κ3) is 3.24. The predicted molar refractivity (Wildman–Crippen MR) is 78.2 cm³/mol. The molecule has 0 aromatic heterocycles. The highest BCUT2D eigenvalue weighted by atomic mass is 35.5. The van der Waals surface area contributed by atoms with Crippen LogP contribution in [0, 0.1) is 0 Å². The molecule has 0 atom stereocenters. The minimum absolute atomic E-state index is 0.333. The van der Waals surface area contributed by atoms with Gasteiger partial charge in [-0.15, -0.1) is 0 Å². The van der Waals surface area contributed by atoms with Gasteiger partial charge in [-0.25, -0.2) is 0 Å². The van der Waals surface area contributed by atoms with Crippen LogP contribution in [-0.4, -0.2) is 13.3 Å². The normalized spacial score (nSPS) is 12.7. The molecule has 1 aliphatic rings. The van der Waals surface area contributed by atoms with E-state index in [0.29, 0.717) is 6.79 Å². The second-order valence-corrected chi connectivity index (χ2v) is 5.29. The summed E-state index contributed by atoms with van der Waals surface area (Å²) in [6.45, 7) is 2.32. The second-order valence-electron chi connectivity index (χ2n) is 4.85. The van der Waals surface area contributed by atoms with Crippen LogP contribution in [0.2, 0.25) is 5.02 Å². The van der Waals surface area contributed by atoms with Gasteiger partial charge in [-0.05, 0) is 29.8 Å². The van der Waals surface area contributed by atoms with Crippen LogP contribution in [0.3, 0.4) is 0 Å². The van der Waals surface area contributed by atoms with Crippen molar-refractivity contribution in [3.05, 3.63) is 58.6 Å². The molecule has 2 aromatic rings. The van der Waals surface area contributed by atoms with Crippen molar-refractivity contribution in [2.24, 2.45) is 0 Å². The fraction of sp³-hybridized carbons (Fsp3) is 0.250. The highest BCUT2D eigenvalue weighted by molar-refractivity contribution is 6.30. The Kier molecular flexibility index (Phi) is 4.09. The Balaban J connectivity index is 1.48. The van der Waals surface area contributed by atoms with Crippen LogP contribution in [0.15, 0.2) is 42.5 Å². The molecule has 20 heavy (non-hydrogen) atoms. The summed E-state index contributed by atoms with van der Waals surface area (Å²) in [7, 11) is 0. The summed E-state index contributed by atoms with van der Waals surface area (Å²) in [4.78, 5) is 0. The maximum Gasteiger partial charge on any atom is 0.231 e. The number of ether oxygens (including phenoxy) is 2. The van der Waals surface area contributed by atoms with Crippen LogP contribution in [0.25, 0.3) is 0 Å². The molecule has 0 bridgehead atoms. The van der Waals surface area contributed by atoms with Crippen molar-refractivity contribution in [1.29, 1.82) is 0 Å². The van der Waals surface area contributed by atoms with Gasteiger partial charge >= 0.3 is 0 Å². The van der Waals surface area contributed by atoms with Gasteiger partial charge in [0.1, 0.15) is 6.54 Å². The van der Waals surface area contributed by atoms with E-state index in [0.717, 1.165) is 36.0 Å². The molecule has 0 radical (unpaired) electrons. The topological polar surface area (TPSA) is 35.1 Å². The van der Waals surface area contributed by atoms with Crippen LogP contribution in [0.1, 0.15) is 11.1 Å². The van der Waals surface area contributed by atoms with Crippen LogP contribution in [0.4, 0.5) is 0 Å². The Morgan fingerprint density at radius 2 is 1.90 bits per heavy atom. The summed E-state index contributed by atoms with van der Waals surface area (Å²) >= 11 is 5.97. The number of rotatable bonds is 5. The van der Waals surface area contributed by atoms with Crippen molar-refractivity contribution < 1.29 is 14.8 Å². The third-order valence-electron chi connectivity index (χ3n) is 3.34. The molecule has 1 heterocycles. The molecule has 3 nitrogen and oxygen atoms in total. The lowest BCUT2D eigenvalue weighted by Gasteiger charge is -2.04. The van der Waals surface area contributed by atoms with Gasteiger partial charge in [0.05, 0.1) is 6.54 Å². The van der Waals surface area contributed by atoms with Crippen molar-refractivity contribution in [2.75, 3.05) is 13.3 Å². The van der Waals surface area contributed by atoms with Crippen molar-refractivity contribution in [2.45, 2.75) is 13.0 Å². The van der Waals surface area contributed by atoms with Crippen LogP contribution in [-0.2, 0) is 13.0 Å². The van der Waals surface area contributed by atoms with E-state index in [-0.39, 0.29) is 0 Å². The molecule has 3 rings (SSSR count). The molecule has 0 spiro atoms. The largest absolute Gasteiger partial charge is 0.454 e. The smallest absolute Gasteiger partial charge is 0.231 e. The summed E-state index contributed by atoms with van der Waals surface area (Å²) in [5, 5.41) is 3.09. The lowest BCUT2D eigenvalue weighted by atomic mass is 10.1. The van der Waals surface area contributed by atoms with Crippen molar-refractivity contribution >= 4 is 11.6 Å². The number of fused-ring (bicyclic) bond motifs is 1. The zero-order chi connectivity index (χ0) is 13.8. The average Bonchev–Trinajstić information content (AvgIpc) is 2.91. The molecule has 1 aliphatic heterocycles. The molecule has 0 unspecified atom stereocenters. The number of hydrogen-bond donors (Lipinski definition) is 1. The first-order chi connectivity index (χ1) is 9.81. The average molecular weight is 291 g/mol. The molecule has 4 heteroatoms. The Labute approximate surface area is 123 Å². The number of halogens is 1. The molecular formula is C16H17ClNO2+. The number of quaternary nitrogens is 1. The van der Waals surface area contributed by atoms with Gasteiger partial charge in [-0.3, -0.25) is 0 Å². The highest BCUT2D eigenvalue weighted by Gasteiger charge is 2.13. The molecule has 104 valence electrons. The molecule has 2 N–H and O–H groups in total. The number of nitrogens with two attached hydrogens (primary N) is 1. The van der Waals surface area contributed by atoms with Gasteiger partial charge in [0.15, 0.2) is 11.5 Å². The van der Waals surface area contributed by atoms with E-state index in [1.54, 1.807) is 0 Å². The fourth-order valence-electron chi connectivity index (χ4n) is 2.30. The zero-order valence-electron chi connectivity index (χ0n) is 11.1. The highest BCUT2D eigenvalue weighted by Crippen LogP contribution is 2.32. The van der Waals surface area contributed by atoms with Gasteiger partial charge in [-0.1, -0.05) is 29.8 Å². The van der Waals surface area contributed by atoms with E-state index >= 15 is 0 Å². The molecule has 0 amide bonds. The SMILES string of the molecule is Clc1cccc(C[NH2+]CCc2ccc3c(c2)OCO3)c1. The Morgan fingerprint density at radius 1 is 1.00 bits per heavy atom. The molecular weight excluding hydrogens is 274 g/mol. The first-order valence-corrected chi connectivity index (χ1v) is 7.14. The van der Waals surface area contributed by atoms with E-state index in [1.807, 2.05) is 24.3 Å². The Hall–Kier alpha value is -1.71. The van der Waals surface area contributed by atoms with Crippen LogP contribution >= 0.6 is 11.6 Å². The Bertz CT molecular complexity index is 601. The summed E-state index contributed by atoms with van der Waals surface area (Å²) in [6, 6.07) is 14.1. The van der Waals surface area contributed by atoms with Gasteiger partial charge in [0, 0.05) is 17.0 Å². The van der Waals surface area contributed by atoms with Crippen LogP contribution < -0.4 is 14.8 Å². The van der Waals surface area contributed by atoms with Crippen molar-refractivity contribution in [3.8, 4) is 11.5 Å². The minimum atomic E-state index is 0.333. The number of benzene rings is 2.